The van der Waals surface area contributed by atoms with Gasteiger partial charge < -0.3 is 20.3 Å². The molecule has 0 heterocycles. The Hall–Kier alpha value is -2.12. The zero-order valence-corrected chi connectivity index (χ0v) is 15.1. The van der Waals surface area contributed by atoms with E-state index < -0.39 is 23.8 Å². The molecule has 7 nitrogen and oxygen atoms in total. The molecule has 1 aromatic carbocycles. The summed E-state index contributed by atoms with van der Waals surface area (Å²) >= 11 is 0. The summed E-state index contributed by atoms with van der Waals surface area (Å²) in [6.07, 6.45) is -0.779. The van der Waals surface area contributed by atoms with E-state index in [1.54, 1.807) is 20.8 Å². The van der Waals surface area contributed by atoms with Crippen molar-refractivity contribution in [3.05, 3.63) is 35.9 Å². The molecule has 0 aliphatic heterocycles. The highest BCUT2D eigenvalue weighted by Gasteiger charge is 2.34. The summed E-state index contributed by atoms with van der Waals surface area (Å²) in [4.78, 5) is 25.7. The molecular formula is C18H28N2O5. The van der Waals surface area contributed by atoms with Crippen LogP contribution in [-0.2, 0) is 16.1 Å². The molecule has 0 spiro atoms. The number of nitrogens with zero attached hydrogens (tertiary/aromatic N) is 1. The van der Waals surface area contributed by atoms with Crippen LogP contribution in [0.15, 0.2) is 30.3 Å². The minimum atomic E-state index is -0.853. The number of benzene rings is 1. The maximum Gasteiger partial charge on any atom is 0.420 e. The lowest BCUT2D eigenvalue weighted by Crippen LogP contribution is -2.49. The predicted octanol–water partition coefficient (Wildman–Crippen LogP) is 2.66. The Kier molecular flexibility index (Phi) is 8.37. The summed E-state index contributed by atoms with van der Waals surface area (Å²) in [6.45, 7) is 5.12. The molecule has 0 saturated heterocycles. The molecule has 1 rings (SSSR count). The molecule has 0 fully saturated rings. The van der Waals surface area contributed by atoms with Crippen LogP contribution in [0.1, 0.15) is 39.2 Å². The van der Waals surface area contributed by atoms with Gasteiger partial charge in [0.05, 0.1) is 12.6 Å². The van der Waals surface area contributed by atoms with Gasteiger partial charge in [-0.25, -0.2) is 14.5 Å². The summed E-state index contributed by atoms with van der Waals surface area (Å²) < 4.78 is 10.5. The van der Waals surface area contributed by atoms with Crippen molar-refractivity contribution < 1.29 is 24.2 Å². The maximum atomic E-state index is 12.5. The van der Waals surface area contributed by atoms with Crippen LogP contribution in [0.2, 0.25) is 0 Å². The number of carbonyl (C=O) groups is 2. The van der Waals surface area contributed by atoms with Crippen LogP contribution in [-0.4, -0.2) is 47.0 Å². The molecule has 1 aromatic rings. The van der Waals surface area contributed by atoms with E-state index in [2.05, 4.69) is 0 Å². The number of hydrogen-bond donors (Lipinski definition) is 2. The fourth-order valence-corrected chi connectivity index (χ4v) is 2.13. The minimum absolute atomic E-state index is 0.0218. The van der Waals surface area contributed by atoms with Crippen LogP contribution in [0.25, 0.3) is 0 Å². The third kappa shape index (κ3) is 7.53. The molecule has 25 heavy (non-hydrogen) atoms. The Morgan fingerprint density at radius 2 is 1.84 bits per heavy atom. The molecule has 0 aliphatic carbocycles. The molecule has 1 atom stereocenters. The van der Waals surface area contributed by atoms with Crippen LogP contribution < -0.4 is 5.73 Å². The quantitative estimate of drug-likeness (QED) is 0.782. The van der Waals surface area contributed by atoms with Gasteiger partial charge in [0.1, 0.15) is 12.2 Å². The lowest BCUT2D eigenvalue weighted by atomic mass is 10.1. The molecule has 3 N–H and O–H groups in total. The second kappa shape index (κ2) is 10.0. The van der Waals surface area contributed by atoms with Gasteiger partial charge in [-0.1, -0.05) is 30.3 Å². The fraction of sp³-hybridized carbons (Fsp3) is 0.556. The third-order valence-corrected chi connectivity index (χ3v) is 3.31. The van der Waals surface area contributed by atoms with Crippen molar-refractivity contribution in [2.75, 3.05) is 13.2 Å². The number of ether oxygens (including phenoxy) is 2. The van der Waals surface area contributed by atoms with Crippen molar-refractivity contribution in [2.45, 2.75) is 51.9 Å². The first-order valence-electron chi connectivity index (χ1n) is 8.32. The number of aliphatic hydroxyl groups excluding tert-OH is 1. The normalized spacial score (nSPS) is 12.4. The van der Waals surface area contributed by atoms with Crippen LogP contribution >= 0.6 is 0 Å². The Morgan fingerprint density at radius 1 is 1.20 bits per heavy atom. The molecule has 140 valence electrons. The van der Waals surface area contributed by atoms with E-state index in [1.807, 2.05) is 30.3 Å². The van der Waals surface area contributed by atoms with Crippen LogP contribution in [0.4, 0.5) is 9.59 Å². The van der Waals surface area contributed by atoms with E-state index in [1.165, 1.54) is 0 Å². The Bertz CT molecular complexity index is 542. The Balaban J connectivity index is 2.87. The van der Waals surface area contributed by atoms with Crippen LogP contribution in [0.3, 0.4) is 0 Å². The van der Waals surface area contributed by atoms with Crippen molar-refractivity contribution in [1.29, 1.82) is 0 Å². The Labute approximate surface area is 148 Å². The zero-order valence-electron chi connectivity index (χ0n) is 15.1. The molecule has 0 bridgehead atoms. The molecule has 0 aromatic heterocycles. The number of rotatable bonds is 7. The van der Waals surface area contributed by atoms with E-state index in [-0.39, 0.29) is 13.2 Å². The van der Waals surface area contributed by atoms with Gasteiger partial charge in [0.25, 0.3) is 0 Å². The highest BCUT2D eigenvalue weighted by molar-refractivity contribution is 5.88. The zero-order chi connectivity index (χ0) is 18.9. The summed E-state index contributed by atoms with van der Waals surface area (Å²) in [5.74, 6) is 0. The maximum absolute atomic E-state index is 12.5. The van der Waals surface area contributed by atoms with E-state index >= 15 is 0 Å². The van der Waals surface area contributed by atoms with Gasteiger partial charge >= 0.3 is 12.2 Å². The van der Waals surface area contributed by atoms with Gasteiger partial charge in [-0.05, 0) is 45.7 Å². The number of nitrogens with two attached hydrogens (primary N) is 1. The molecule has 0 radical (unpaired) electrons. The molecule has 7 heteroatoms. The van der Waals surface area contributed by atoms with Crippen molar-refractivity contribution in [1.82, 2.24) is 4.90 Å². The highest BCUT2D eigenvalue weighted by atomic mass is 16.6. The smallest absolute Gasteiger partial charge is 0.420 e. The van der Waals surface area contributed by atoms with Gasteiger partial charge in [-0.3, -0.25) is 0 Å². The van der Waals surface area contributed by atoms with Crippen LogP contribution in [0, 0.1) is 0 Å². The number of imide groups is 1. The summed E-state index contributed by atoms with van der Waals surface area (Å²) in [5, 5.41) is 9.61. The topological polar surface area (TPSA) is 102 Å². The summed E-state index contributed by atoms with van der Waals surface area (Å²) in [5.41, 5.74) is 5.51. The van der Waals surface area contributed by atoms with E-state index in [9.17, 15) is 14.7 Å². The minimum Gasteiger partial charge on any atom is -0.444 e. The largest absolute Gasteiger partial charge is 0.444 e. The lowest BCUT2D eigenvalue weighted by Gasteiger charge is -2.30. The van der Waals surface area contributed by atoms with E-state index in [0.29, 0.717) is 19.4 Å². The standard InChI is InChI=1S/C18H28N2O5/c1-18(2,3)25-17(23)20(15(12-21)10-7-11-19)16(22)24-13-14-8-5-4-6-9-14/h4-6,8-9,15,21H,7,10-13,19H2,1-3H3/t15-/m0/s1. The van der Waals surface area contributed by atoms with Crippen molar-refractivity contribution in [3.8, 4) is 0 Å². The fourth-order valence-electron chi connectivity index (χ4n) is 2.13. The molecule has 2 amide bonds. The summed E-state index contributed by atoms with van der Waals surface area (Å²) in [6, 6.07) is 8.37. The second-order valence-electron chi connectivity index (χ2n) is 6.66. The van der Waals surface area contributed by atoms with Gasteiger partial charge in [0, 0.05) is 0 Å². The SMILES string of the molecule is CC(C)(C)OC(=O)N(C(=O)OCc1ccccc1)[C@H](CO)CCCN. The highest BCUT2D eigenvalue weighted by Crippen LogP contribution is 2.16. The van der Waals surface area contributed by atoms with Gasteiger partial charge in [0.2, 0.25) is 0 Å². The molecule has 0 saturated carbocycles. The average Bonchev–Trinajstić information content (AvgIpc) is 2.55. The van der Waals surface area contributed by atoms with Crippen LogP contribution in [0.5, 0.6) is 0 Å². The van der Waals surface area contributed by atoms with Gasteiger partial charge in [0.15, 0.2) is 0 Å². The van der Waals surface area contributed by atoms with Gasteiger partial charge in [-0.15, -0.1) is 0 Å². The number of hydrogen-bond acceptors (Lipinski definition) is 6. The van der Waals surface area contributed by atoms with E-state index in [4.69, 9.17) is 15.2 Å². The number of carbonyl (C=O) groups excluding carboxylic acids is 2. The average molecular weight is 352 g/mol. The monoisotopic (exact) mass is 352 g/mol. The number of aliphatic hydroxyl groups is 1. The van der Waals surface area contributed by atoms with Crippen molar-refractivity contribution in [3.63, 3.8) is 0 Å². The molecule has 0 aliphatic rings. The van der Waals surface area contributed by atoms with Crippen molar-refractivity contribution in [2.24, 2.45) is 5.73 Å². The van der Waals surface area contributed by atoms with Gasteiger partial charge in [-0.2, -0.15) is 0 Å². The summed E-state index contributed by atoms with van der Waals surface area (Å²) in [7, 11) is 0. The molecular weight excluding hydrogens is 324 g/mol. The molecule has 0 unspecified atom stereocenters. The van der Waals surface area contributed by atoms with E-state index in [0.717, 1.165) is 10.5 Å². The first-order chi connectivity index (χ1) is 11.8. The Morgan fingerprint density at radius 3 is 2.36 bits per heavy atom. The van der Waals surface area contributed by atoms with Crippen molar-refractivity contribution >= 4 is 12.2 Å². The lowest BCUT2D eigenvalue weighted by molar-refractivity contribution is 0.00466. The number of amides is 2. The first-order valence-corrected chi connectivity index (χ1v) is 8.32. The first kappa shape index (κ1) is 20.9. The second-order valence-corrected chi connectivity index (χ2v) is 6.66. The third-order valence-electron chi connectivity index (χ3n) is 3.31. The predicted molar refractivity (Wildman–Crippen MR) is 93.9 cm³/mol.